The number of carbonyl (C=O) groups excluding carboxylic acids is 1. The molecular weight excluding hydrogens is 701 g/mol. The SMILES string of the molecule is CN(C)C1CCN(S(=O)(=O)c2cc(-c3csc(CNC(=O)C4(CC(=O)O)Cc5cc(F)c(F)cc5C4)n3)ccc2OCCCN2CCCC2)CC1. The number of likely N-dealkylation sites (tertiary alicyclic amines) is 1. The summed E-state index contributed by atoms with van der Waals surface area (Å²) < 4.78 is 63.7. The van der Waals surface area contributed by atoms with Crippen molar-refractivity contribution in [2.24, 2.45) is 5.41 Å². The Kier molecular flexibility index (Phi) is 11.4. The number of piperidine rings is 1. The third kappa shape index (κ3) is 8.43. The Morgan fingerprint density at radius 1 is 1.06 bits per heavy atom. The van der Waals surface area contributed by atoms with Crippen molar-refractivity contribution in [2.45, 2.75) is 68.8 Å². The van der Waals surface area contributed by atoms with Crippen LogP contribution in [-0.2, 0) is 39.0 Å². The van der Waals surface area contributed by atoms with Crippen molar-refractivity contribution in [1.29, 1.82) is 0 Å². The Morgan fingerprint density at radius 3 is 2.35 bits per heavy atom. The van der Waals surface area contributed by atoms with E-state index in [2.05, 4.69) is 20.1 Å². The van der Waals surface area contributed by atoms with Crippen LogP contribution in [0, 0.1) is 17.0 Å². The summed E-state index contributed by atoms with van der Waals surface area (Å²) in [6.07, 6.45) is 4.07. The van der Waals surface area contributed by atoms with Crippen LogP contribution in [-0.4, -0.2) is 104 Å². The van der Waals surface area contributed by atoms with E-state index in [1.807, 2.05) is 14.1 Å². The van der Waals surface area contributed by atoms with Gasteiger partial charge in [-0.05, 0) is 114 Å². The van der Waals surface area contributed by atoms with Crippen LogP contribution >= 0.6 is 11.3 Å². The largest absolute Gasteiger partial charge is 0.492 e. The maximum Gasteiger partial charge on any atom is 0.304 e. The number of sulfonamides is 1. The Morgan fingerprint density at radius 2 is 1.73 bits per heavy atom. The number of benzene rings is 2. The zero-order valence-electron chi connectivity index (χ0n) is 29.0. The number of nitrogens with zero attached hydrogens (tertiary/aromatic N) is 4. The number of aromatic nitrogens is 1. The summed E-state index contributed by atoms with van der Waals surface area (Å²) in [6, 6.07) is 7.44. The number of fused-ring (bicyclic) bond motifs is 1. The molecule has 2 aromatic carbocycles. The first kappa shape index (κ1) is 37.3. The molecule has 1 aliphatic carbocycles. The monoisotopic (exact) mass is 745 g/mol. The highest BCUT2D eigenvalue weighted by Gasteiger charge is 2.46. The number of rotatable bonds is 14. The lowest BCUT2D eigenvalue weighted by atomic mass is 9.80. The minimum absolute atomic E-state index is 0.00583. The van der Waals surface area contributed by atoms with E-state index in [4.69, 9.17) is 4.74 Å². The van der Waals surface area contributed by atoms with E-state index in [1.165, 1.54) is 28.5 Å². The minimum Gasteiger partial charge on any atom is -0.492 e. The van der Waals surface area contributed by atoms with Gasteiger partial charge in [-0.3, -0.25) is 9.59 Å². The van der Waals surface area contributed by atoms with Crippen LogP contribution in [0.1, 0.15) is 54.7 Å². The molecule has 6 rings (SSSR count). The van der Waals surface area contributed by atoms with Crippen molar-refractivity contribution in [1.82, 2.24) is 24.4 Å². The van der Waals surface area contributed by atoms with Crippen LogP contribution in [0.15, 0.2) is 40.6 Å². The smallest absolute Gasteiger partial charge is 0.304 e. The van der Waals surface area contributed by atoms with Gasteiger partial charge in [-0.1, -0.05) is 0 Å². The summed E-state index contributed by atoms with van der Waals surface area (Å²) in [5, 5.41) is 14.7. The van der Waals surface area contributed by atoms with E-state index in [1.54, 1.807) is 23.6 Å². The van der Waals surface area contributed by atoms with Crippen molar-refractivity contribution < 1.29 is 36.6 Å². The van der Waals surface area contributed by atoms with Crippen molar-refractivity contribution in [3.63, 3.8) is 0 Å². The van der Waals surface area contributed by atoms with Gasteiger partial charge < -0.3 is 25.0 Å². The van der Waals surface area contributed by atoms with Crippen molar-refractivity contribution in [2.75, 3.05) is 53.4 Å². The third-order valence-electron chi connectivity index (χ3n) is 10.3. The Labute approximate surface area is 301 Å². The quantitative estimate of drug-likeness (QED) is 0.228. The van der Waals surface area contributed by atoms with Gasteiger partial charge in [0.2, 0.25) is 15.9 Å². The minimum atomic E-state index is -3.89. The molecule has 0 radical (unpaired) electrons. The summed E-state index contributed by atoms with van der Waals surface area (Å²) in [5.74, 6) is -3.52. The van der Waals surface area contributed by atoms with E-state index in [9.17, 15) is 31.9 Å². The van der Waals surface area contributed by atoms with E-state index in [0.29, 0.717) is 58.9 Å². The first-order chi connectivity index (χ1) is 24.3. The normalized spacial score (nSPS) is 18.3. The van der Waals surface area contributed by atoms with Crippen molar-refractivity contribution in [3.05, 3.63) is 63.5 Å². The number of carboxylic acid groups (broad SMARTS) is 1. The zero-order valence-corrected chi connectivity index (χ0v) is 30.6. The van der Waals surface area contributed by atoms with Crippen LogP contribution in [0.25, 0.3) is 11.3 Å². The number of carboxylic acids is 1. The summed E-state index contributed by atoms with van der Waals surface area (Å²) in [6.45, 7) is 4.25. The predicted molar refractivity (Wildman–Crippen MR) is 189 cm³/mol. The molecule has 1 amide bonds. The highest BCUT2D eigenvalue weighted by atomic mass is 32.2. The van der Waals surface area contributed by atoms with Crippen LogP contribution in [0.5, 0.6) is 5.75 Å². The average Bonchev–Trinajstić information content (AvgIpc) is 3.87. The average molecular weight is 746 g/mol. The van der Waals surface area contributed by atoms with Gasteiger partial charge in [0, 0.05) is 36.6 Å². The fourth-order valence-corrected chi connectivity index (χ4v) is 9.85. The number of amides is 1. The maximum absolute atomic E-state index is 14.1. The van der Waals surface area contributed by atoms with Gasteiger partial charge in [0.05, 0.1) is 30.7 Å². The molecule has 0 saturated carbocycles. The van der Waals surface area contributed by atoms with Gasteiger partial charge in [0.25, 0.3) is 0 Å². The second-order valence-electron chi connectivity index (χ2n) is 14.1. The fourth-order valence-electron chi connectivity index (χ4n) is 7.48. The second-order valence-corrected chi connectivity index (χ2v) is 16.9. The molecule has 1 aromatic heterocycles. The highest BCUT2D eigenvalue weighted by Crippen LogP contribution is 2.41. The molecule has 276 valence electrons. The van der Waals surface area contributed by atoms with Crippen molar-refractivity contribution in [3.8, 4) is 17.0 Å². The van der Waals surface area contributed by atoms with Crippen LogP contribution < -0.4 is 10.1 Å². The number of thiazole rings is 1. The molecule has 3 aliphatic rings. The molecule has 2 saturated heterocycles. The first-order valence-electron chi connectivity index (χ1n) is 17.4. The van der Waals surface area contributed by atoms with Gasteiger partial charge in [-0.15, -0.1) is 11.3 Å². The van der Waals surface area contributed by atoms with Gasteiger partial charge in [-0.2, -0.15) is 4.31 Å². The van der Waals surface area contributed by atoms with Crippen molar-refractivity contribution >= 4 is 33.2 Å². The number of hydrogen-bond donors (Lipinski definition) is 2. The highest BCUT2D eigenvalue weighted by molar-refractivity contribution is 7.89. The number of halogens is 2. The van der Waals surface area contributed by atoms with Crippen LogP contribution in [0.2, 0.25) is 0 Å². The summed E-state index contributed by atoms with van der Waals surface area (Å²) in [5.41, 5.74) is 0.519. The Balaban J connectivity index is 1.18. The third-order valence-corrected chi connectivity index (χ3v) is 13.1. The fraction of sp³-hybridized carbons (Fsp3) is 0.528. The molecule has 0 unspecified atom stereocenters. The molecule has 2 N–H and O–H groups in total. The Bertz CT molecular complexity index is 1820. The van der Waals surface area contributed by atoms with Gasteiger partial charge in [0.15, 0.2) is 11.6 Å². The summed E-state index contributed by atoms with van der Waals surface area (Å²) in [7, 11) is 0.122. The molecule has 2 fully saturated rings. The second kappa shape index (κ2) is 15.6. The van der Waals surface area contributed by atoms with Gasteiger partial charge in [0.1, 0.15) is 15.7 Å². The van der Waals surface area contributed by atoms with Crippen LogP contribution in [0.4, 0.5) is 8.78 Å². The first-order valence-corrected chi connectivity index (χ1v) is 19.7. The predicted octanol–water partition coefficient (Wildman–Crippen LogP) is 4.54. The maximum atomic E-state index is 14.1. The van der Waals surface area contributed by atoms with E-state index in [-0.39, 0.29) is 24.3 Å². The van der Waals surface area contributed by atoms with E-state index < -0.39 is 45.4 Å². The number of hydrogen-bond acceptors (Lipinski definition) is 9. The van der Waals surface area contributed by atoms with E-state index in [0.717, 1.165) is 51.0 Å². The lowest BCUT2D eigenvalue weighted by Crippen LogP contribution is -2.44. The molecular formula is C36H45F2N5O6S2. The molecule has 0 atom stereocenters. The van der Waals surface area contributed by atoms with Gasteiger partial charge >= 0.3 is 5.97 Å². The molecule has 51 heavy (non-hydrogen) atoms. The summed E-state index contributed by atoms with van der Waals surface area (Å²) in [4.78, 5) is 34.6. The molecule has 0 spiro atoms. The lowest BCUT2D eigenvalue weighted by Gasteiger charge is -2.34. The van der Waals surface area contributed by atoms with Gasteiger partial charge in [-0.25, -0.2) is 22.2 Å². The molecule has 15 heteroatoms. The molecule has 0 bridgehead atoms. The topological polar surface area (TPSA) is 132 Å². The standard InChI is InChI=1S/C36H45F2N5O6S2/c1-41(2)27-8-13-43(14-9-27)51(47,48)32-18-24(6-7-31(32)49-15-5-12-42-10-3-4-11-42)30-23-50-33(40-30)22-39-35(46)36(21-34(44)45)19-25-16-28(37)29(38)17-26(25)20-36/h6-7,16-18,23,27H,3-5,8-15,19-22H2,1-2H3,(H,39,46)(H,44,45). The lowest BCUT2D eigenvalue weighted by molar-refractivity contribution is -0.145. The number of carbonyl (C=O) groups is 2. The molecule has 2 aliphatic heterocycles. The van der Waals surface area contributed by atoms with Crippen LogP contribution in [0.3, 0.4) is 0 Å². The zero-order chi connectivity index (χ0) is 36.3. The molecule has 3 heterocycles. The molecule has 11 nitrogen and oxygen atoms in total. The number of aliphatic carboxylic acids is 1. The van der Waals surface area contributed by atoms with E-state index >= 15 is 0 Å². The molecule has 3 aromatic rings. The summed E-state index contributed by atoms with van der Waals surface area (Å²) >= 11 is 1.27. The number of nitrogens with one attached hydrogen (secondary N) is 1. The Hall–Kier alpha value is -3.50. The number of ether oxygens (including phenoxy) is 1.